The van der Waals surface area contributed by atoms with Crippen LogP contribution in [0.4, 0.5) is 5.69 Å². The molecule has 2 aromatic carbocycles. The van der Waals surface area contributed by atoms with Gasteiger partial charge in [0, 0.05) is 25.6 Å². The molecule has 2 aromatic rings. The fourth-order valence-corrected chi connectivity index (χ4v) is 4.77. The van der Waals surface area contributed by atoms with Crippen LogP contribution >= 0.6 is 23.2 Å². The van der Waals surface area contributed by atoms with Crippen molar-refractivity contribution in [2.75, 3.05) is 17.1 Å². The number of para-hydroxylation sites is 1. The summed E-state index contributed by atoms with van der Waals surface area (Å²) in [6.45, 7) is 5.86. The first-order valence-electron chi connectivity index (χ1n) is 11.5. The molecule has 1 N–H and O–H groups in total. The highest BCUT2D eigenvalue weighted by Gasteiger charge is 2.27. The van der Waals surface area contributed by atoms with Crippen LogP contribution in [0.5, 0.6) is 0 Å². The summed E-state index contributed by atoms with van der Waals surface area (Å²) in [5, 5.41) is 3.68. The predicted molar refractivity (Wildman–Crippen MR) is 142 cm³/mol. The van der Waals surface area contributed by atoms with Gasteiger partial charge < -0.3 is 10.2 Å². The average molecular weight is 543 g/mol. The van der Waals surface area contributed by atoms with Gasteiger partial charge in [-0.25, -0.2) is 8.42 Å². The van der Waals surface area contributed by atoms with E-state index < -0.39 is 16.1 Å². The number of carbonyl (C=O) groups is 2. The van der Waals surface area contributed by atoms with Gasteiger partial charge in [0.25, 0.3) is 0 Å². The van der Waals surface area contributed by atoms with E-state index in [0.717, 1.165) is 18.2 Å². The van der Waals surface area contributed by atoms with Crippen LogP contribution in [0.25, 0.3) is 0 Å². The van der Waals surface area contributed by atoms with Crippen LogP contribution in [-0.2, 0) is 26.2 Å². The zero-order valence-corrected chi connectivity index (χ0v) is 22.8. The molecule has 0 spiro atoms. The Morgan fingerprint density at radius 1 is 1.03 bits per heavy atom. The Kier molecular flexibility index (Phi) is 10.9. The topological polar surface area (TPSA) is 86.8 Å². The van der Waals surface area contributed by atoms with Crippen LogP contribution < -0.4 is 9.62 Å². The third kappa shape index (κ3) is 8.70. The Bertz CT molecular complexity index is 1110. The van der Waals surface area contributed by atoms with Gasteiger partial charge in [-0.1, -0.05) is 54.4 Å². The van der Waals surface area contributed by atoms with Gasteiger partial charge in [0.2, 0.25) is 21.8 Å². The van der Waals surface area contributed by atoms with E-state index in [1.54, 1.807) is 55.5 Å². The van der Waals surface area contributed by atoms with Gasteiger partial charge in [0.15, 0.2) is 0 Å². The van der Waals surface area contributed by atoms with Gasteiger partial charge in [0.05, 0.1) is 22.0 Å². The second-order valence-electron chi connectivity index (χ2n) is 8.54. The Balaban J connectivity index is 2.18. The summed E-state index contributed by atoms with van der Waals surface area (Å²) in [5.41, 5.74) is 1.27. The summed E-state index contributed by atoms with van der Waals surface area (Å²) in [6, 6.07) is 13.1. The Morgan fingerprint density at radius 3 is 2.26 bits per heavy atom. The highest BCUT2D eigenvalue weighted by Crippen LogP contribution is 2.24. The zero-order chi connectivity index (χ0) is 26.2. The minimum Gasteiger partial charge on any atom is -0.352 e. The van der Waals surface area contributed by atoms with E-state index >= 15 is 0 Å². The summed E-state index contributed by atoms with van der Waals surface area (Å²) in [4.78, 5) is 27.6. The first-order chi connectivity index (χ1) is 16.4. The van der Waals surface area contributed by atoms with Crippen molar-refractivity contribution in [1.29, 1.82) is 0 Å². The molecule has 10 heteroatoms. The number of sulfonamides is 1. The number of anilines is 1. The maximum Gasteiger partial charge on any atom is 0.242 e. The maximum absolute atomic E-state index is 13.3. The summed E-state index contributed by atoms with van der Waals surface area (Å²) >= 11 is 12.2. The van der Waals surface area contributed by atoms with Gasteiger partial charge in [-0.05, 0) is 56.5 Å². The quantitative estimate of drug-likeness (QED) is 0.415. The van der Waals surface area contributed by atoms with Crippen molar-refractivity contribution in [3.63, 3.8) is 0 Å². The third-order valence-corrected chi connectivity index (χ3v) is 7.63. The van der Waals surface area contributed by atoms with Crippen molar-refractivity contribution in [3.05, 3.63) is 64.1 Å². The number of carbonyl (C=O) groups excluding carboxylic acids is 2. The molecule has 2 rings (SSSR count). The molecule has 192 valence electrons. The lowest BCUT2D eigenvalue weighted by atomic mass is 10.1. The number of halogens is 2. The van der Waals surface area contributed by atoms with Gasteiger partial charge in [0.1, 0.15) is 6.04 Å². The van der Waals surface area contributed by atoms with E-state index in [1.807, 2.05) is 13.8 Å². The molecular formula is C25H33Cl2N3O4S. The SMILES string of the molecule is CC[C@H](C)NC(=O)[C@H](C)N(Cc1ccc(Cl)c(Cl)c1)C(=O)CCCN(c1ccccc1)S(C)(=O)=O. The van der Waals surface area contributed by atoms with E-state index in [0.29, 0.717) is 22.2 Å². The normalized spacial score (nSPS) is 13.1. The molecule has 0 saturated heterocycles. The molecule has 0 aliphatic carbocycles. The van der Waals surface area contributed by atoms with Crippen LogP contribution in [0, 0.1) is 0 Å². The van der Waals surface area contributed by atoms with Crippen LogP contribution in [0.15, 0.2) is 48.5 Å². The van der Waals surface area contributed by atoms with Crippen molar-refractivity contribution in [1.82, 2.24) is 10.2 Å². The van der Waals surface area contributed by atoms with E-state index in [-0.39, 0.29) is 37.4 Å². The molecule has 0 aliphatic heterocycles. The number of benzene rings is 2. The van der Waals surface area contributed by atoms with Crippen molar-refractivity contribution < 1.29 is 18.0 Å². The van der Waals surface area contributed by atoms with Gasteiger partial charge >= 0.3 is 0 Å². The summed E-state index contributed by atoms with van der Waals surface area (Å²) < 4.78 is 25.9. The third-order valence-electron chi connectivity index (χ3n) is 5.70. The van der Waals surface area contributed by atoms with Gasteiger partial charge in [-0.3, -0.25) is 13.9 Å². The largest absolute Gasteiger partial charge is 0.352 e. The molecule has 0 heterocycles. The number of nitrogens with zero attached hydrogens (tertiary/aromatic N) is 2. The Hall–Kier alpha value is -2.29. The zero-order valence-electron chi connectivity index (χ0n) is 20.5. The van der Waals surface area contributed by atoms with E-state index in [9.17, 15) is 18.0 Å². The fourth-order valence-electron chi connectivity index (χ4n) is 3.48. The molecule has 0 aliphatic rings. The number of amides is 2. The molecule has 2 atom stereocenters. The molecule has 0 unspecified atom stereocenters. The van der Waals surface area contributed by atoms with Crippen molar-refractivity contribution in [2.45, 2.75) is 58.7 Å². The molecule has 0 saturated carbocycles. The smallest absolute Gasteiger partial charge is 0.242 e. The van der Waals surface area contributed by atoms with Gasteiger partial charge in [-0.15, -0.1) is 0 Å². The number of nitrogens with one attached hydrogen (secondary N) is 1. The molecule has 35 heavy (non-hydrogen) atoms. The van der Waals surface area contributed by atoms with E-state index in [2.05, 4.69) is 5.32 Å². The van der Waals surface area contributed by atoms with Crippen LogP contribution in [0.1, 0.15) is 45.6 Å². The molecule has 0 radical (unpaired) electrons. The minimum absolute atomic E-state index is 0.0268. The Labute approximate surface area is 218 Å². The maximum atomic E-state index is 13.3. The summed E-state index contributed by atoms with van der Waals surface area (Å²) in [5.74, 6) is -0.515. The molecule has 0 bridgehead atoms. The standard InChI is InChI=1S/C25H33Cl2N3O4S/c1-5-18(2)28-25(32)19(3)29(17-20-13-14-22(26)23(27)16-20)24(31)12-9-15-30(35(4,33)34)21-10-7-6-8-11-21/h6-8,10-11,13-14,16,18-19H,5,9,12,15,17H2,1-4H3,(H,28,32)/t18-,19-/m0/s1. The van der Waals surface area contributed by atoms with Crippen molar-refractivity contribution in [3.8, 4) is 0 Å². The number of hydrogen-bond donors (Lipinski definition) is 1. The van der Waals surface area contributed by atoms with Crippen LogP contribution in [0.2, 0.25) is 10.0 Å². The van der Waals surface area contributed by atoms with E-state index in [4.69, 9.17) is 23.2 Å². The highest BCUT2D eigenvalue weighted by atomic mass is 35.5. The monoisotopic (exact) mass is 541 g/mol. The molecule has 7 nitrogen and oxygen atoms in total. The fraction of sp³-hybridized carbons (Fsp3) is 0.440. The molecular weight excluding hydrogens is 509 g/mol. The van der Waals surface area contributed by atoms with Crippen LogP contribution in [-0.4, -0.2) is 50.0 Å². The van der Waals surface area contributed by atoms with E-state index in [1.165, 1.54) is 9.21 Å². The van der Waals surface area contributed by atoms with Crippen molar-refractivity contribution >= 4 is 50.7 Å². The first kappa shape index (κ1) is 28.9. The van der Waals surface area contributed by atoms with Crippen molar-refractivity contribution in [2.24, 2.45) is 0 Å². The number of rotatable bonds is 12. The molecule has 0 aromatic heterocycles. The lowest BCUT2D eigenvalue weighted by Crippen LogP contribution is -2.49. The lowest BCUT2D eigenvalue weighted by Gasteiger charge is -2.30. The summed E-state index contributed by atoms with van der Waals surface area (Å²) in [6.07, 6.45) is 2.26. The second-order valence-corrected chi connectivity index (χ2v) is 11.3. The first-order valence-corrected chi connectivity index (χ1v) is 14.1. The highest BCUT2D eigenvalue weighted by molar-refractivity contribution is 7.92. The average Bonchev–Trinajstić information content (AvgIpc) is 2.81. The summed E-state index contributed by atoms with van der Waals surface area (Å²) in [7, 11) is -3.52. The lowest BCUT2D eigenvalue weighted by molar-refractivity contribution is -0.140. The second kappa shape index (κ2) is 13.1. The predicted octanol–water partition coefficient (Wildman–Crippen LogP) is 4.87. The minimum atomic E-state index is -3.52. The van der Waals surface area contributed by atoms with Gasteiger partial charge in [-0.2, -0.15) is 0 Å². The Morgan fingerprint density at radius 2 is 1.69 bits per heavy atom. The molecule has 2 amide bonds. The number of hydrogen-bond acceptors (Lipinski definition) is 4. The molecule has 0 fully saturated rings. The van der Waals surface area contributed by atoms with Crippen LogP contribution in [0.3, 0.4) is 0 Å².